The Morgan fingerprint density at radius 2 is 2.25 bits per heavy atom. The lowest BCUT2D eigenvalue weighted by Crippen LogP contribution is -1.98. The molecule has 5 nitrogen and oxygen atoms in total. The Morgan fingerprint density at radius 1 is 1.50 bits per heavy atom. The standard InChI is InChI=1S/C10H10BrNO4/c11-8-3-4-9(12(14)15)10(7-8)16-6-2-1-5-13/h1-4,7,13H,5-6H2/b2-1+. The molecule has 0 aliphatic carbocycles. The van der Waals surface area contributed by atoms with E-state index in [1.54, 1.807) is 12.1 Å². The summed E-state index contributed by atoms with van der Waals surface area (Å²) in [4.78, 5) is 10.2. The molecule has 0 aliphatic heterocycles. The second kappa shape index (κ2) is 6.24. The van der Waals surface area contributed by atoms with Crippen molar-refractivity contribution in [2.45, 2.75) is 0 Å². The summed E-state index contributed by atoms with van der Waals surface area (Å²) in [6, 6.07) is 4.48. The Hall–Kier alpha value is -1.40. The van der Waals surface area contributed by atoms with Crippen LogP contribution in [0.25, 0.3) is 0 Å². The molecule has 1 N–H and O–H groups in total. The quantitative estimate of drug-likeness (QED) is 0.512. The number of nitro benzene ring substituents is 1. The maximum atomic E-state index is 10.7. The minimum Gasteiger partial charge on any atom is -0.483 e. The zero-order valence-corrected chi connectivity index (χ0v) is 9.88. The molecule has 0 unspecified atom stereocenters. The van der Waals surface area contributed by atoms with Crippen molar-refractivity contribution in [1.29, 1.82) is 0 Å². The number of hydrogen-bond acceptors (Lipinski definition) is 4. The summed E-state index contributed by atoms with van der Waals surface area (Å²) in [5, 5.41) is 19.2. The van der Waals surface area contributed by atoms with Crippen LogP contribution in [0.15, 0.2) is 34.8 Å². The molecule has 0 radical (unpaired) electrons. The maximum Gasteiger partial charge on any atom is 0.311 e. The van der Waals surface area contributed by atoms with Crippen molar-refractivity contribution in [3.05, 3.63) is 44.9 Å². The number of ether oxygens (including phenoxy) is 1. The van der Waals surface area contributed by atoms with Gasteiger partial charge in [-0.1, -0.05) is 22.0 Å². The van der Waals surface area contributed by atoms with Crippen molar-refractivity contribution in [2.75, 3.05) is 13.2 Å². The van der Waals surface area contributed by atoms with Crippen LogP contribution in [0, 0.1) is 10.1 Å². The highest BCUT2D eigenvalue weighted by Crippen LogP contribution is 2.29. The molecule has 0 saturated heterocycles. The van der Waals surface area contributed by atoms with Gasteiger partial charge in [0.05, 0.1) is 11.5 Å². The SMILES string of the molecule is O=[N+]([O-])c1ccc(Br)cc1OC/C=C/CO. The second-order valence-electron chi connectivity index (χ2n) is 2.83. The van der Waals surface area contributed by atoms with Crippen LogP contribution in [-0.4, -0.2) is 23.2 Å². The number of benzene rings is 1. The van der Waals surface area contributed by atoms with Crippen LogP contribution in [0.3, 0.4) is 0 Å². The Labute approximate surface area is 101 Å². The number of nitrogens with zero attached hydrogens (tertiary/aromatic N) is 1. The first-order chi connectivity index (χ1) is 7.65. The van der Waals surface area contributed by atoms with Gasteiger partial charge in [0.2, 0.25) is 0 Å². The minimum absolute atomic E-state index is 0.0794. The summed E-state index contributed by atoms with van der Waals surface area (Å²) in [6.45, 7) is 0.0990. The van der Waals surface area contributed by atoms with Crippen LogP contribution in [0.5, 0.6) is 5.75 Å². The predicted octanol–water partition coefficient (Wildman–Crippen LogP) is 2.28. The number of hydrogen-bond donors (Lipinski definition) is 1. The molecule has 0 atom stereocenters. The molecule has 1 aromatic rings. The normalized spacial score (nSPS) is 10.6. The Morgan fingerprint density at radius 3 is 2.88 bits per heavy atom. The van der Waals surface area contributed by atoms with E-state index in [0.29, 0.717) is 4.47 Å². The third-order valence-corrected chi connectivity index (χ3v) is 2.22. The first-order valence-electron chi connectivity index (χ1n) is 4.47. The minimum atomic E-state index is -0.502. The highest BCUT2D eigenvalue weighted by atomic mass is 79.9. The fourth-order valence-corrected chi connectivity index (χ4v) is 1.37. The molecule has 0 bridgehead atoms. The summed E-state index contributed by atoms with van der Waals surface area (Å²) < 4.78 is 5.92. The molecule has 0 saturated carbocycles. The molecule has 1 aromatic carbocycles. The third-order valence-electron chi connectivity index (χ3n) is 1.73. The van der Waals surface area contributed by atoms with Gasteiger partial charge in [0.25, 0.3) is 0 Å². The Balaban J connectivity index is 2.80. The number of aliphatic hydroxyl groups is 1. The summed E-state index contributed by atoms with van der Waals surface area (Å²) >= 11 is 3.21. The van der Waals surface area contributed by atoms with Gasteiger partial charge in [0.1, 0.15) is 6.61 Å². The van der Waals surface area contributed by atoms with Crippen LogP contribution < -0.4 is 4.74 Å². The maximum absolute atomic E-state index is 10.7. The van der Waals surface area contributed by atoms with Crippen molar-refractivity contribution >= 4 is 21.6 Å². The monoisotopic (exact) mass is 287 g/mol. The van der Waals surface area contributed by atoms with Crippen molar-refractivity contribution in [3.63, 3.8) is 0 Å². The van der Waals surface area contributed by atoms with Gasteiger partial charge >= 0.3 is 5.69 Å². The highest BCUT2D eigenvalue weighted by Gasteiger charge is 2.14. The zero-order valence-electron chi connectivity index (χ0n) is 8.30. The molecule has 0 spiro atoms. The molecule has 86 valence electrons. The lowest BCUT2D eigenvalue weighted by Gasteiger charge is -2.04. The number of halogens is 1. The average Bonchev–Trinajstić information content (AvgIpc) is 2.24. The lowest BCUT2D eigenvalue weighted by atomic mass is 10.3. The third kappa shape index (κ3) is 3.63. The fourth-order valence-electron chi connectivity index (χ4n) is 1.03. The van der Waals surface area contributed by atoms with E-state index in [0.717, 1.165) is 0 Å². The van der Waals surface area contributed by atoms with E-state index in [2.05, 4.69) is 15.9 Å². The topological polar surface area (TPSA) is 72.6 Å². The molecule has 0 aromatic heterocycles. The highest BCUT2D eigenvalue weighted by molar-refractivity contribution is 9.10. The Kier molecular flexibility index (Phi) is 4.94. The molecule has 0 fully saturated rings. The molecule has 0 amide bonds. The molecular formula is C10H10BrNO4. The first kappa shape index (κ1) is 12.7. The van der Waals surface area contributed by atoms with Crippen LogP contribution in [0.1, 0.15) is 0 Å². The fraction of sp³-hybridized carbons (Fsp3) is 0.200. The van der Waals surface area contributed by atoms with Crippen molar-refractivity contribution in [2.24, 2.45) is 0 Å². The van der Waals surface area contributed by atoms with Gasteiger partial charge in [0, 0.05) is 16.6 Å². The predicted molar refractivity (Wildman–Crippen MR) is 62.5 cm³/mol. The van der Waals surface area contributed by atoms with E-state index in [9.17, 15) is 10.1 Å². The summed E-state index contributed by atoms with van der Waals surface area (Å²) in [5.74, 6) is 0.196. The van der Waals surface area contributed by atoms with Gasteiger partial charge in [-0.05, 0) is 12.1 Å². The Bertz CT molecular complexity index is 406. The molecule has 6 heteroatoms. The van der Waals surface area contributed by atoms with Gasteiger partial charge in [0.15, 0.2) is 5.75 Å². The van der Waals surface area contributed by atoms with Gasteiger partial charge in [-0.25, -0.2) is 0 Å². The van der Waals surface area contributed by atoms with Crippen molar-refractivity contribution < 1.29 is 14.8 Å². The molecule has 0 heterocycles. The van der Waals surface area contributed by atoms with Crippen LogP contribution in [0.2, 0.25) is 0 Å². The van der Waals surface area contributed by atoms with E-state index < -0.39 is 4.92 Å². The molecule has 16 heavy (non-hydrogen) atoms. The average molecular weight is 288 g/mol. The zero-order chi connectivity index (χ0) is 12.0. The number of aliphatic hydroxyl groups excluding tert-OH is 1. The van der Waals surface area contributed by atoms with Gasteiger partial charge in [-0.3, -0.25) is 10.1 Å². The van der Waals surface area contributed by atoms with Gasteiger partial charge in [-0.15, -0.1) is 0 Å². The van der Waals surface area contributed by atoms with Gasteiger partial charge < -0.3 is 9.84 Å². The van der Waals surface area contributed by atoms with Crippen LogP contribution in [0.4, 0.5) is 5.69 Å². The summed E-state index contributed by atoms with van der Waals surface area (Å²) in [5.41, 5.74) is -0.0828. The van der Waals surface area contributed by atoms with Crippen molar-refractivity contribution in [3.8, 4) is 5.75 Å². The first-order valence-corrected chi connectivity index (χ1v) is 5.27. The lowest BCUT2D eigenvalue weighted by molar-refractivity contribution is -0.385. The molecule has 0 aliphatic rings. The second-order valence-corrected chi connectivity index (χ2v) is 3.75. The van der Waals surface area contributed by atoms with E-state index in [-0.39, 0.29) is 24.7 Å². The van der Waals surface area contributed by atoms with E-state index in [1.165, 1.54) is 18.2 Å². The van der Waals surface area contributed by atoms with E-state index in [1.807, 2.05) is 0 Å². The molecular weight excluding hydrogens is 278 g/mol. The summed E-state index contributed by atoms with van der Waals surface area (Å²) in [7, 11) is 0. The largest absolute Gasteiger partial charge is 0.483 e. The van der Waals surface area contributed by atoms with Crippen LogP contribution in [-0.2, 0) is 0 Å². The van der Waals surface area contributed by atoms with E-state index >= 15 is 0 Å². The van der Waals surface area contributed by atoms with Gasteiger partial charge in [-0.2, -0.15) is 0 Å². The number of nitro groups is 1. The smallest absolute Gasteiger partial charge is 0.311 e. The van der Waals surface area contributed by atoms with Crippen molar-refractivity contribution in [1.82, 2.24) is 0 Å². The summed E-state index contributed by atoms with van der Waals surface area (Å²) in [6.07, 6.45) is 3.09. The molecule has 1 rings (SSSR count). The number of rotatable bonds is 5. The van der Waals surface area contributed by atoms with E-state index in [4.69, 9.17) is 9.84 Å². The van der Waals surface area contributed by atoms with Crippen LogP contribution >= 0.6 is 15.9 Å².